The predicted octanol–water partition coefficient (Wildman–Crippen LogP) is 0.819. The zero-order valence-corrected chi connectivity index (χ0v) is 7.68. The molecule has 4 nitrogen and oxygen atoms in total. The van der Waals surface area contributed by atoms with Gasteiger partial charge in [0.05, 0.1) is 0 Å². The largest absolute Gasteiger partial charge is 0.387 e. The SMILES string of the molecule is Cn1c(C(F)C(O)CF)n[nH]c1=S. The maximum absolute atomic E-state index is 13.2. The standard InChI is InChI=1S/C6H9F2N3OS/c1-11-5(9-10-6(11)13)4(8)3(12)2-7/h3-4,12H,2H2,1H3,(H,10,13). The first kappa shape index (κ1) is 10.3. The van der Waals surface area contributed by atoms with Gasteiger partial charge in [0.1, 0.15) is 12.8 Å². The van der Waals surface area contributed by atoms with Crippen LogP contribution < -0.4 is 0 Å². The van der Waals surface area contributed by atoms with Crippen LogP contribution in [0.5, 0.6) is 0 Å². The van der Waals surface area contributed by atoms with Crippen molar-refractivity contribution >= 4 is 12.2 Å². The van der Waals surface area contributed by atoms with Crippen molar-refractivity contribution in [3.8, 4) is 0 Å². The average molecular weight is 209 g/mol. The summed E-state index contributed by atoms with van der Waals surface area (Å²) in [7, 11) is 1.48. The Labute approximate surface area is 78.2 Å². The first-order valence-corrected chi connectivity index (χ1v) is 3.98. The highest BCUT2D eigenvalue weighted by Crippen LogP contribution is 2.18. The fourth-order valence-corrected chi connectivity index (χ4v) is 0.995. The van der Waals surface area contributed by atoms with Gasteiger partial charge in [-0.05, 0) is 12.2 Å². The quantitative estimate of drug-likeness (QED) is 0.724. The fourth-order valence-electron chi connectivity index (χ4n) is 0.856. The molecule has 0 spiro atoms. The van der Waals surface area contributed by atoms with E-state index in [1.54, 1.807) is 0 Å². The summed E-state index contributed by atoms with van der Waals surface area (Å²) in [6.07, 6.45) is -3.55. The smallest absolute Gasteiger partial charge is 0.194 e. The van der Waals surface area contributed by atoms with Crippen LogP contribution in [0, 0.1) is 4.77 Å². The highest BCUT2D eigenvalue weighted by Gasteiger charge is 2.24. The minimum atomic E-state index is -1.86. The molecule has 7 heteroatoms. The number of nitrogens with one attached hydrogen (secondary N) is 1. The van der Waals surface area contributed by atoms with Crippen molar-refractivity contribution in [1.82, 2.24) is 14.8 Å². The van der Waals surface area contributed by atoms with Crippen molar-refractivity contribution in [1.29, 1.82) is 0 Å². The molecular weight excluding hydrogens is 200 g/mol. The van der Waals surface area contributed by atoms with Gasteiger partial charge in [0, 0.05) is 7.05 Å². The number of hydrogen-bond donors (Lipinski definition) is 2. The van der Waals surface area contributed by atoms with Crippen LogP contribution in [-0.4, -0.2) is 32.6 Å². The maximum Gasteiger partial charge on any atom is 0.194 e. The van der Waals surface area contributed by atoms with E-state index in [4.69, 9.17) is 17.3 Å². The van der Waals surface area contributed by atoms with Crippen molar-refractivity contribution in [2.45, 2.75) is 12.3 Å². The summed E-state index contributed by atoms with van der Waals surface area (Å²) in [6, 6.07) is 0. The molecule has 1 aromatic heterocycles. The number of H-pyrrole nitrogens is 1. The molecule has 13 heavy (non-hydrogen) atoms. The number of rotatable bonds is 3. The monoisotopic (exact) mass is 209 g/mol. The van der Waals surface area contributed by atoms with E-state index >= 15 is 0 Å². The van der Waals surface area contributed by atoms with Crippen molar-refractivity contribution in [2.24, 2.45) is 7.05 Å². The molecule has 0 aliphatic heterocycles. The van der Waals surface area contributed by atoms with Gasteiger partial charge in [0.2, 0.25) is 0 Å². The molecule has 2 atom stereocenters. The minimum Gasteiger partial charge on any atom is -0.387 e. The van der Waals surface area contributed by atoms with Crippen LogP contribution >= 0.6 is 12.2 Å². The second kappa shape index (κ2) is 3.93. The number of alkyl halides is 2. The molecule has 2 N–H and O–H groups in total. The van der Waals surface area contributed by atoms with Gasteiger partial charge in [-0.1, -0.05) is 0 Å². The van der Waals surface area contributed by atoms with Crippen LogP contribution in [-0.2, 0) is 7.05 Å². The number of aliphatic hydroxyl groups is 1. The summed E-state index contributed by atoms with van der Waals surface area (Å²) in [5.74, 6) is -0.102. The Kier molecular flexibility index (Phi) is 3.10. The lowest BCUT2D eigenvalue weighted by atomic mass is 10.2. The van der Waals surface area contributed by atoms with Crippen LogP contribution in [0.1, 0.15) is 12.0 Å². The highest BCUT2D eigenvalue weighted by atomic mass is 32.1. The van der Waals surface area contributed by atoms with Crippen molar-refractivity contribution < 1.29 is 13.9 Å². The van der Waals surface area contributed by atoms with Gasteiger partial charge in [-0.15, -0.1) is 0 Å². The summed E-state index contributed by atoms with van der Waals surface area (Å²) in [5.41, 5.74) is 0. The normalized spacial score (nSPS) is 15.7. The first-order chi connectivity index (χ1) is 6.07. The molecule has 0 aliphatic carbocycles. The molecular formula is C6H9F2N3OS. The Morgan fingerprint density at radius 2 is 2.38 bits per heavy atom. The fraction of sp³-hybridized carbons (Fsp3) is 0.667. The Hall–Kier alpha value is -0.820. The lowest BCUT2D eigenvalue weighted by Gasteiger charge is -2.10. The van der Waals surface area contributed by atoms with E-state index in [1.165, 1.54) is 11.6 Å². The lowest BCUT2D eigenvalue weighted by Crippen LogP contribution is -2.19. The molecule has 1 rings (SSSR count). The molecule has 0 fully saturated rings. The van der Waals surface area contributed by atoms with E-state index in [2.05, 4.69) is 10.2 Å². The first-order valence-electron chi connectivity index (χ1n) is 3.57. The van der Waals surface area contributed by atoms with Crippen LogP contribution in [0.4, 0.5) is 8.78 Å². The van der Waals surface area contributed by atoms with Gasteiger partial charge in [0.15, 0.2) is 16.8 Å². The summed E-state index contributed by atoms with van der Waals surface area (Å²) in [4.78, 5) is 0. The van der Waals surface area contributed by atoms with Gasteiger partial charge >= 0.3 is 0 Å². The Balaban J connectivity index is 2.95. The number of aromatic amines is 1. The van der Waals surface area contributed by atoms with Crippen LogP contribution in [0.25, 0.3) is 0 Å². The molecule has 1 heterocycles. The summed E-state index contributed by atoms with van der Waals surface area (Å²) in [6.45, 7) is -1.15. The Morgan fingerprint density at radius 1 is 1.77 bits per heavy atom. The van der Waals surface area contributed by atoms with Gasteiger partial charge < -0.3 is 9.67 Å². The molecule has 2 unspecified atom stereocenters. The Morgan fingerprint density at radius 3 is 2.77 bits per heavy atom. The van der Waals surface area contributed by atoms with Gasteiger partial charge in [-0.2, -0.15) is 5.10 Å². The second-order valence-electron chi connectivity index (χ2n) is 2.57. The van der Waals surface area contributed by atoms with Crippen LogP contribution in [0.15, 0.2) is 0 Å². The van der Waals surface area contributed by atoms with E-state index in [9.17, 15) is 8.78 Å². The maximum atomic E-state index is 13.2. The number of hydrogen-bond acceptors (Lipinski definition) is 3. The molecule has 0 aliphatic rings. The third-order valence-electron chi connectivity index (χ3n) is 1.66. The van der Waals surface area contributed by atoms with E-state index < -0.39 is 19.0 Å². The second-order valence-corrected chi connectivity index (χ2v) is 2.96. The molecule has 1 aromatic rings. The third-order valence-corrected chi connectivity index (χ3v) is 2.02. The molecule has 74 valence electrons. The van der Waals surface area contributed by atoms with Crippen molar-refractivity contribution in [2.75, 3.05) is 6.67 Å². The van der Waals surface area contributed by atoms with E-state index in [0.29, 0.717) is 0 Å². The van der Waals surface area contributed by atoms with E-state index in [-0.39, 0.29) is 10.6 Å². The third kappa shape index (κ3) is 1.92. The van der Waals surface area contributed by atoms with Gasteiger partial charge in [-0.25, -0.2) is 8.78 Å². The number of nitrogens with zero attached hydrogens (tertiary/aromatic N) is 2. The molecule has 0 amide bonds. The minimum absolute atomic E-state index is 0.102. The summed E-state index contributed by atoms with van der Waals surface area (Å²) >= 11 is 4.72. The molecule has 0 aromatic carbocycles. The van der Waals surface area contributed by atoms with Crippen LogP contribution in [0.2, 0.25) is 0 Å². The highest BCUT2D eigenvalue weighted by molar-refractivity contribution is 7.71. The van der Waals surface area contributed by atoms with E-state index in [0.717, 1.165) is 0 Å². The molecule has 0 radical (unpaired) electrons. The zero-order chi connectivity index (χ0) is 10.0. The van der Waals surface area contributed by atoms with E-state index in [1.807, 2.05) is 0 Å². The van der Waals surface area contributed by atoms with Gasteiger partial charge in [-0.3, -0.25) is 5.10 Å². The van der Waals surface area contributed by atoms with Crippen molar-refractivity contribution in [3.63, 3.8) is 0 Å². The van der Waals surface area contributed by atoms with Gasteiger partial charge in [0.25, 0.3) is 0 Å². The summed E-state index contributed by atoms with van der Waals surface area (Å²) in [5, 5.41) is 14.7. The zero-order valence-electron chi connectivity index (χ0n) is 6.87. The number of halogens is 2. The number of aliphatic hydroxyl groups excluding tert-OH is 1. The summed E-state index contributed by atoms with van der Waals surface area (Å²) < 4.78 is 26.5. The van der Waals surface area contributed by atoms with Crippen molar-refractivity contribution in [3.05, 3.63) is 10.6 Å². The molecule has 0 saturated heterocycles. The molecule has 0 saturated carbocycles. The molecule has 0 bridgehead atoms. The average Bonchev–Trinajstić information content (AvgIpc) is 2.45. The van der Waals surface area contributed by atoms with Crippen LogP contribution in [0.3, 0.4) is 0 Å². The Bertz CT molecular complexity index is 337. The predicted molar refractivity (Wildman–Crippen MR) is 44.2 cm³/mol. The number of aromatic nitrogens is 3. The topological polar surface area (TPSA) is 53.8 Å². The lowest BCUT2D eigenvalue weighted by molar-refractivity contribution is 0.0499.